The number of anilines is 2. The average Bonchev–Trinajstić information content (AvgIpc) is 2.38. The Morgan fingerprint density at radius 1 is 1.24 bits per heavy atom. The number of rotatable bonds is 4. The van der Waals surface area contributed by atoms with Crippen LogP contribution in [0.1, 0.15) is 17.3 Å². The number of pyridine rings is 1. The number of carbonyl (C=O) groups is 1. The highest BCUT2D eigenvalue weighted by Gasteiger charge is 2.15. The fourth-order valence-electron chi connectivity index (χ4n) is 1.58. The largest absolute Gasteiger partial charge is 0.338 e. The first kappa shape index (κ1) is 15.3. The summed E-state index contributed by atoms with van der Waals surface area (Å²) >= 11 is 5.87. The van der Waals surface area contributed by atoms with Crippen LogP contribution in [0, 0.1) is 0 Å². The lowest BCUT2D eigenvalue weighted by Gasteiger charge is -2.09. The minimum Gasteiger partial charge on any atom is -0.338 e. The van der Waals surface area contributed by atoms with Crippen LogP contribution in [0.3, 0.4) is 0 Å². The number of sulfone groups is 1. The topological polar surface area (TPSA) is 102 Å². The molecule has 0 unspecified atom stereocenters. The summed E-state index contributed by atoms with van der Waals surface area (Å²) < 4.78 is 22.6. The molecule has 0 amide bonds. The minimum absolute atomic E-state index is 0.0411. The summed E-state index contributed by atoms with van der Waals surface area (Å²) in [6, 6.07) is 2.87. The van der Waals surface area contributed by atoms with Crippen LogP contribution in [-0.2, 0) is 9.84 Å². The molecular formula is C12H11ClN4O3S. The molecule has 0 saturated heterocycles. The van der Waals surface area contributed by atoms with Gasteiger partial charge in [0.15, 0.2) is 20.6 Å². The van der Waals surface area contributed by atoms with Gasteiger partial charge in [-0.3, -0.25) is 4.79 Å². The zero-order valence-electron chi connectivity index (χ0n) is 11.2. The van der Waals surface area contributed by atoms with Crippen LogP contribution in [0.5, 0.6) is 0 Å². The van der Waals surface area contributed by atoms with Crippen molar-refractivity contribution >= 4 is 38.7 Å². The van der Waals surface area contributed by atoms with Gasteiger partial charge in [-0.15, -0.1) is 0 Å². The SMILES string of the molecule is CC(=O)c1c(Cl)ncnc1Nc1ccc(S(C)(=O)=O)nc1. The molecule has 9 heteroatoms. The second kappa shape index (κ2) is 5.74. The third kappa shape index (κ3) is 3.53. The smallest absolute Gasteiger partial charge is 0.192 e. The molecule has 2 heterocycles. The highest BCUT2D eigenvalue weighted by molar-refractivity contribution is 7.90. The molecule has 0 bridgehead atoms. The van der Waals surface area contributed by atoms with Crippen LogP contribution in [0.4, 0.5) is 11.5 Å². The third-order valence-electron chi connectivity index (χ3n) is 2.53. The molecule has 2 aromatic rings. The zero-order chi connectivity index (χ0) is 15.6. The highest BCUT2D eigenvalue weighted by atomic mass is 35.5. The predicted molar refractivity (Wildman–Crippen MR) is 77.7 cm³/mol. The minimum atomic E-state index is -3.36. The molecular weight excluding hydrogens is 316 g/mol. The quantitative estimate of drug-likeness (QED) is 0.676. The second-order valence-corrected chi connectivity index (χ2v) is 6.55. The molecule has 1 N–H and O–H groups in total. The maximum Gasteiger partial charge on any atom is 0.192 e. The molecule has 7 nitrogen and oxygen atoms in total. The van der Waals surface area contributed by atoms with Gasteiger partial charge in [0.1, 0.15) is 17.3 Å². The molecule has 21 heavy (non-hydrogen) atoms. The maximum absolute atomic E-state index is 11.6. The van der Waals surface area contributed by atoms with Crippen molar-refractivity contribution in [2.24, 2.45) is 0 Å². The van der Waals surface area contributed by atoms with E-state index in [2.05, 4.69) is 20.3 Å². The number of carbonyl (C=O) groups excluding carboxylic acids is 1. The van der Waals surface area contributed by atoms with Crippen molar-refractivity contribution in [3.05, 3.63) is 35.4 Å². The molecule has 0 saturated carbocycles. The number of halogens is 1. The van der Waals surface area contributed by atoms with Crippen molar-refractivity contribution in [3.63, 3.8) is 0 Å². The van der Waals surface area contributed by atoms with Gasteiger partial charge >= 0.3 is 0 Å². The van der Waals surface area contributed by atoms with E-state index < -0.39 is 9.84 Å². The fraction of sp³-hybridized carbons (Fsp3) is 0.167. The Morgan fingerprint density at radius 3 is 2.48 bits per heavy atom. The van der Waals surface area contributed by atoms with Crippen molar-refractivity contribution in [2.45, 2.75) is 11.9 Å². The Kier molecular flexibility index (Phi) is 4.19. The van der Waals surface area contributed by atoms with E-state index in [4.69, 9.17) is 11.6 Å². The van der Waals surface area contributed by atoms with Crippen LogP contribution in [0.15, 0.2) is 29.7 Å². The summed E-state index contributed by atoms with van der Waals surface area (Å²) in [6.07, 6.45) is 3.62. The summed E-state index contributed by atoms with van der Waals surface area (Å²) in [7, 11) is -3.36. The molecule has 110 valence electrons. The zero-order valence-corrected chi connectivity index (χ0v) is 12.7. The van der Waals surface area contributed by atoms with Crippen LogP contribution < -0.4 is 5.32 Å². The van der Waals surface area contributed by atoms with E-state index in [1.54, 1.807) is 0 Å². The van der Waals surface area contributed by atoms with Gasteiger partial charge in [0.05, 0.1) is 17.4 Å². The van der Waals surface area contributed by atoms with Crippen molar-refractivity contribution in [1.82, 2.24) is 15.0 Å². The fourth-order valence-corrected chi connectivity index (χ4v) is 2.41. The van der Waals surface area contributed by atoms with Gasteiger partial charge in [-0.1, -0.05) is 11.6 Å². The summed E-state index contributed by atoms with van der Waals surface area (Å²) in [5, 5.41) is 2.86. The molecule has 0 radical (unpaired) electrons. The van der Waals surface area contributed by atoms with Crippen LogP contribution >= 0.6 is 11.6 Å². The number of hydrogen-bond donors (Lipinski definition) is 1. The summed E-state index contributed by atoms with van der Waals surface area (Å²) in [6.45, 7) is 1.35. The van der Waals surface area contributed by atoms with E-state index in [0.717, 1.165) is 6.26 Å². The highest BCUT2D eigenvalue weighted by Crippen LogP contribution is 2.23. The molecule has 0 aromatic carbocycles. The van der Waals surface area contributed by atoms with Gasteiger partial charge in [-0.25, -0.2) is 23.4 Å². The lowest BCUT2D eigenvalue weighted by molar-refractivity contribution is 0.101. The molecule has 0 aliphatic carbocycles. The molecule has 0 atom stereocenters. The Bertz CT molecular complexity index is 791. The van der Waals surface area contributed by atoms with E-state index in [1.165, 1.54) is 31.6 Å². The van der Waals surface area contributed by atoms with Gasteiger partial charge in [0.25, 0.3) is 0 Å². The van der Waals surface area contributed by atoms with Crippen molar-refractivity contribution in [3.8, 4) is 0 Å². The van der Waals surface area contributed by atoms with Crippen molar-refractivity contribution < 1.29 is 13.2 Å². The number of aromatic nitrogens is 3. The maximum atomic E-state index is 11.6. The molecule has 0 aliphatic heterocycles. The molecule has 2 rings (SSSR count). The number of nitrogens with one attached hydrogen (secondary N) is 1. The van der Waals surface area contributed by atoms with Crippen molar-refractivity contribution in [2.75, 3.05) is 11.6 Å². The van der Waals surface area contributed by atoms with E-state index in [0.29, 0.717) is 5.69 Å². The first-order valence-electron chi connectivity index (χ1n) is 5.73. The summed E-state index contributed by atoms with van der Waals surface area (Å²) in [5.74, 6) is -0.0554. The van der Waals surface area contributed by atoms with Gasteiger partial charge in [-0.05, 0) is 19.1 Å². The van der Waals surface area contributed by atoms with E-state index >= 15 is 0 Å². The first-order valence-corrected chi connectivity index (χ1v) is 8.00. The van der Waals surface area contributed by atoms with Gasteiger partial charge in [0.2, 0.25) is 0 Å². The van der Waals surface area contributed by atoms with Gasteiger partial charge in [-0.2, -0.15) is 0 Å². The van der Waals surface area contributed by atoms with Gasteiger partial charge in [0, 0.05) is 6.26 Å². The lowest BCUT2D eigenvalue weighted by atomic mass is 10.2. The Balaban J connectivity index is 2.35. The first-order chi connectivity index (χ1) is 9.79. The molecule has 2 aromatic heterocycles. The second-order valence-electron chi connectivity index (χ2n) is 4.23. The predicted octanol–water partition coefficient (Wildman–Crippen LogP) is 1.87. The van der Waals surface area contributed by atoms with Gasteiger partial charge < -0.3 is 5.32 Å². The van der Waals surface area contributed by atoms with E-state index in [1.807, 2.05) is 0 Å². The van der Waals surface area contributed by atoms with Crippen LogP contribution in [-0.4, -0.2) is 35.4 Å². The normalized spacial score (nSPS) is 11.2. The van der Waals surface area contributed by atoms with Crippen molar-refractivity contribution in [1.29, 1.82) is 0 Å². The molecule has 0 spiro atoms. The number of nitrogens with zero attached hydrogens (tertiary/aromatic N) is 3. The Hall–Kier alpha value is -2.06. The average molecular weight is 327 g/mol. The number of Topliss-reactive ketones (excluding diaryl/α,β-unsaturated/α-hetero) is 1. The Labute approximate surface area is 126 Å². The van der Waals surface area contributed by atoms with Crippen LogP contribution in [0.25, 0.3) is 0 Å². The van der Waals surface area contributed by atoms with E-state index in [-0.39, 0.29) is 27.3 Å². The number of hydrogen-bond acceptors (Lipinski definition) is 7. The lowest BCUT2D eigenvalue weighted by Crippen LogP contribution is -2.06. The number of ketones is 1. The molecule has 0 fully saturated rings. The molecule has 0 aliphatic rings. The monoisotopic (exact) mass is 326 g/mol. The standard InChI is InChI=1S/C12H11ClN4O3S/c1-7(18)10-11(13)15-6-16-12(10)17-8-3-4-9(14-5-8)21(2,19)20/h3-6H,1-2H3,(H,15,16,17). The summed E-state index contributed by atoms with van der Waals surface area (Å²) in [5.41, 5.74) is 0.631. The Morgan fingerprint density at radius 2 is 1.95 bits per heavy atom. The summed E-state index contributed by atoms with van der Waals surface area (Å²) in [4.78, 5) is 23.1. The van der Waals surface area contributed by atoms with E-state index in [9.17, 15) is 13.2 Å². The third-order valence-corrected chi connectivity index (χ3v) is 3.82. The van der Waals surface area contributed by atoms with Crippen LogP contribution in [0.2, 0.25) is 5.15 Å².